The van der Waals surface area contributed by atoms with Gasteiger partial charge in [0.1, 0.15) is 17.4 Å². The third kappa shape index (κ3) is 3.50. The van der Waals surface area contributed by atoms with E-state index in [0.717, 1.165) is 16.8 Å². The molecule has 2 aliphatic heterocycles. The first-order valence-electron chi connectivity index (χ1n) is 10.7. The lowest BCUT2D eigenvalue weighted by atomic mass is 9.90. The number of benzene rings is 3. The molecule has 0 bridgehead atoms. The summed E-state index contributed by atoms with van der Waals surface area (Å²) in [6.07, 6.45) is -0.909. The lowest BCUT2D eigenvalue weighted by molar-refractivity contribution is -0.126. The van der Waals surface area contributed by atoms with E-state index < -0.39 is 18.1 Å². The number of hydroxylamine groups is 1. The van der Waals surface area contributed by atoms with E-state index in [9.17, 15) is 9.59 Å². The van der Waals surface area contributed by atoms with E-state index in [1.807, 2.05) is 67.6 Å². The number of amides is 2. The number of hydrogen-bond donors (Lipinski definition) is 0. The zero-order valence-electron chi connectivity index (χ0n) is 18.6. The van der Waals surface area contributed by atoms with E-state index in [4.69, 9.17) is 14.3 Å². The summed E-state index contributed by atoms with van der Waals surface area (Å²) in [5, 5.41) is 1.67. The number of nitrogens with zero attached hydrogens (tertiary/aromatic N) is 2. The Kier molecular flexibility index (Phi) is 5.26. The van der Waals surface area contributed by atoms with E-state index in [1.165, 1.54) is 4.90 Å². The number of anilines is 2. The maximum atomic E-state index is 13.6. The van der Waals surface area contributed by atoms with Crippen LogP contribution in [0.2, 0.25) is 0 Å². The van der Waals surface area contributed by atoms with Gasteiger partial charge in [0.15, 0.2) is 6.10 Å². The Morgan fingerprint density at radius 2 is 1.27 bits per heavy atom. The Hall–Kier alpha value is -3.84. The van der Waals surface area contributed by atoms with Gasteiger partial charge in [0.05, 0.1) is 31.6 Å². The summed E-state index contributed by atoms with van der Waals surface area (Å²) in [6.45, 7) is 1.96. The monoisotopic (exact) mass is 444 g/mol. The molecule has 0 unspecified atom stereocenters. The Morgan fingerprint density at radius 1 is 0.727 bits per heavy atom. The maximum Gasteiger partial charge on any atom is 0.266 e. The molecule has 3 atom stereocenters. The van der Waals surface area contributed by atoms with Crippen LogP contribution in [-0.2, 0) is 14.4 Å². The van der Waals surface area contributed by atoms with Crippen molar-refractivity contribution in [2.45, 2.75) is 19.1 Å². The molecule has 3 aromatic rings. The molecule has 3 aromatic carbocycles. The minimum Gasteiger partial charge on any atom is -0.497 e. The van der Waals surface area contributed by atoms with Crippen molar-refractivity contribution in [3.8, 4) is 11.5 Å². The number of aryl methyl sites for hydroxylation is 1. The van der Waals surface area contributed by atoms with Crippen LogP contribution in [0.4, 0.5) is 11.4 Å². The molecule has 0 radical (unpaired) electrons. The topological polar surface area (TPSA) is 68.3 Å². The number of fused-ring (bicyclic) bond motifs is 1. The molecule has 0 aromatic heterocycles. The minimum absolute atomic E-state index is 0.273. The van der Waals surface area contributed by atoms with Crippen LogP contribution in [0.5, 0.6) is 11.5 Å². The summed E-state index contributed by atoms with van der Waals surface area (Å²) in [6, 6.07) is 21.7. The molecule has 33 heavy (non-hydrogen) atoms. The number of ether oxygens (including phenoxy) is 2. The zero-order valence-corrected chi connectivity index (χ0v) is 18.6. The van der Waals surface area contributed by atoms with E-state index in [2.05, 4.69) is 0 Å². The van der Waals surface area contributed by atoms with Gasteiger partial charge in [-0.15, -0.1) is 0 Å². The standard InChI is InChI=1S/C26H24N2O5/c1-16-4-8-18(9-5-16)27-25(29)22-23(17-6-12-20(31-2)13-7-17)28(33-24(22)26(27)30)19-10-14-21(32-3)15-11-19/h4-15,22-24H,1-3H3/t22-,23+,24+/m1/s1. The molecule has 0 N–H and O–H groups in total. The van der Waals surface area contributed by atoms with E-state index in [1.54, 1.807) is 31.4 Å². The van der Waals surface area contributed by atoms with Gasteiger partial charge in [0.25, 0.3) is 5.91 Å². The van der Waals surface area contributed by atoms with Gasteiger partial charge in [-0.3, -0.25) is 14.4 Å². The highest BCUT2D eigenvalue weighted by molar-refractivity contribution is 6.23. The van der Waals surface area contributed by atoms with E-state index >= 15 is 0 Å². The van der Waals surface area contributed by atoms with Crippen molar-refractivity contribution < 1.29 is 23.9 Å². The van der Waals surface area contributed by atoms with Crippen molar-refractivity contribution in [2.24, 2.45) is 5.92 Å². The molecular weight excluding hydrogens is 420 g/mol. The van der Waals surface area contributed by atoms with Gasteiger partial charge in [0.2, 0.25) is 5.91 Å². The third-order valence-electron chi connectivity index (χ3n) is 6.19. The van der Waals surface area contributed by atoms with Crippen LogP contribution in [0, 0.1) is 12.8 Å². The van der Waals surface area contributed by atoms with Crippen molar-refractivity contribution in [1.29, 1.82) is 0 Å². The maximum absolute atomic E-state index is 13.6. The van der Waals surface area contributed by atoms with Crippen LogP contribution in [0.3, 0.4) is 0 Å². The van der Waals surface area contributed by atoms with Crippen molar-refractivity contribution in [3.63, 3.8) is 0 Å². The predicted octanol–water partition coefficient (Wildman–Crippen LogP) is 4.06. The van der Waals surface area contributed by atoms with E-state index in [-0.39, 0.29) is 11.8 Å². The van der Waals surface area contributed by atoms with Gasteiger partial charge in [-0.05, 0) is 61.0 Å². The number of rotatable bonds is 5. The van der Waals surface area contributed by atoms with Crippen LogP contribution in [0.25, 0.3) is 0 Å². The quantitative estimate of drug-likeness (QED) is 0.553. The summed E-state index contributed by atoms with van der Waals surface area (Å²) in [7, 11) is 3.20. The molecule has 2 fully saturated rings. The van der Waals surface area contributed by atoms with Gasteiger partial charge < -0.3 is 9.47 Å². The summed E-state index contributed by atoms with van der Waals surface area (Å²) in [5.41, 5.74) is 3.19. The molecule has 2 aliphatic rings. The van der Waals surface area contributed by atoms with E-state index in [0.29, 0.717) is 17.2 Å². The molecular formula is C26H24N2O5. The summed E-state index contributed by atoms with van der Waals surface area (Å²) < 4.78 is 10.6. The van der Waals surface area contributed by atoms with Gasteiger partial charge in [0, 0.05) is 0 Å². The van der Waals surface area contributed by atoms with Crippen molar-refractivity contribution in [1.82, 2.24) is 0 Å². The fraction of sp³-hybridized carbons (Fsp3) is 0.231. The van der Waals surface area contributed by atoms with Crippen molar-refractivity contribution in [2.75, 3.05) is 24.2 Å². The van der Waals surface area contributed by atoms with Gasteiger partial charge in [-0.1, -0.05) is 29.8 Å². The highest BCUT2D eigenvalue weighted by Crippen LogP contribution is 2.48. The molecule has 7 nitrogen and oxygen atoms in total. The number of methoxy groups -OCH3 is 2. The molecule has 7 heteroatoms. The van der Waals surface area contributed by atoms with Crippen LogP contribution in [0.15, 0.2) is 72.8 Å². The molecule has 5 rings (SSSR count). The normalized spacial score (nSPS) is 22.0. The van der Waals surface area contributed by atoms with Gasteiger partial charge in [-0.25, -0.2) is 9.96 Å². The molecule has 0 saturated carbocycles. The largest absolute Gasteiger partial charge is 0.497 e. The first kappa shape index (κ1) is 21.0. The molecule has 168 valence electrons. The number of imide groups is 1. The number of carbonyl (C=O) groups is 2. The average Bonchev–Trinajstić information content (AvgIpc) is 3.36. The highest BCUT2D eigenvalue weighted by Gasteiger charge is 2.60. The Morgan fingerprint density at radius 3 is 1.85 bits per heavy atom. The fourth-order valence-electron chi connectivity index (χ4n) is 4.46. The molecule has 2 saturated heterocycles. The van der Waals surface area contributed by atoms with Crippen LogP contribution in [0.1, 0.15) is 17.2 Å². The Balaban J connectivity index is 1.56. The molecule has 0 aliphatic carbocycles. The summed E-state index contributed by atoms with van der Waals surface area (Å²) in [5.74, 6) is 0.0977. The minimum atomic E-state index is -0.909. The Bertz CT molecular complexity index is 1170. The fourth-order valence-corrected chi connectivity index (χ4v) is 4.46. The smallest absolute Gasteiger partial charge is 0.266 e. The zero-order chi connectivity index (χ0) is 23.1. The molecule has 2 heterocycles. The first-order valence-corrected chi connectivity index (χ1v) is 10.7. The number of hydrogen-bond acceptors (Lipinski definition) is 6. The Labute approximate surface area is 192 Å². The summed E-state index contributed by atoms with van der Waals surface area (Å²) >= 11 is 0. The number of carbonyl (C=O) groups excluding carboxylic acids is 2. The van der Waals surface area contributed by atoms with Gasteiger partial charge >= 0.3 is 0 Å². The highest BCUT2D eigenvalue weighted by atomic mass is 16.7. The SMILES string of the molecule is COc1ccc([C@H]2[C@H]3C(=O)N(c4ccc(C)cc4)C(=O)[C@H]3ON2c2ccc(OC)cc2)cc1. The van der Waals surface area contributed by atoms with Crippen LogP contribution in [-0.4, -0.2) is 32.1 Å². The first-order chi connectivity index (χ1) is 16.0. The molecule has 0 spiro atoms. The second kappa shape index (κ2) is 8.26. The van der Waals surface area contributed by atoms with Crippen LogP contribution < -0.4 is 19.4 Å². The average molecular weight is 444 g/mol. The lowest BCUT2D eigenvalue weighted by Gasteiger charge is -2.29. The van der Waals surface area contributed by atoms with Gasteiger partial charge in [-0.2, -0.15) is 0 Å². The second-order valence-corrected chi connectivity index (χ2v) is 8.14. The van der Waals surface area contributed by atoms with Crippen molar-refractivity contribution in [3.05, 3.63) is 83.9 Å². The van der Waals surface area contributed by atoms with Crippen molar-refractivity contribution >= 4 is 23.2 Å². The van der Waals surface area contributed by atoms with Crippen LogP contribution >= 0.6 is 0 Å². The predicted molar refractivity (Wildman–Crippen MR) is 123 cm³/mol. The third-order valence-corrected chi connectivity index (χ3v) is 6.19. The lowest BCUT2D eigenvalue weighted by Crippen LogP contribution is -2.37. The molecule has 2 amide bonds. The summed E-state index contributed by atoms with van der Waals surface area (Å²) in [4.78, 5) is 34.4. The second-order valence-electron chi connectivity index (χ2n) is 8.14.